The number of nitrogens with zero attached hydrogens (tertiary/aromatic N) is 1. The molecule has 2 aromatic carbocycles. The number of hydrogen-bond donors (Lipinski definition) is 3. The highest BCUT2D eigenvalue weighted by Gasteiger charge is 2.35. The Morgan fingerprint density at radius 2 is 1.81 bits per heavy atom. The maximum Gasteiger partial charge on any atom is 0.408 e. The van der Waals surface area contributed by atoms with E-state index in [0.717, 1.165) is 5.56 Å². The van der Waals surface area contributed by atoms with Crippen molar-refractivity contribution in [3.05, 3.63) is 64.2 Å². The number of hydrogen-bond acceptors (Lipinski definition) is 5. The number of thiol groups is 1. The summed E-state index contributed by atoms with van der Waals surface area (Å²) in [4.78, 5) is 41.0. The van der Waals surface area contributed by atoms with E-state index in [9.17, 15) is 14.4 Å². The fourth-order valence-electron chi connectivity index (χ4n) is 3.52. The number of aryl methyl sites for hydroxylation is 1. The van der Waals surface area contributed by atoms with E-state index in [1.54, 1.807) is 64.1 Å². The monoisotopic (exact) mass is 529 g/mol. The van der Waals surface area contributed by atoms with Gasteiger partial charge in [-0.2, -0.15) is 12.6 Å². The molecule has 0 saturated carbocycles. The molecule has 0 bridgehead atoms. The van der Waals surface area contributed by atoms with E-state index < -0.39 is 35.6 Å². The average Bonchev–Trinajstić information content (AvgIpc) is 2.81. The first-order chi connectivity index (χ1) is 16.9. The maximum atomic E-state index is 13.7. The number of carbonyl (C=O) groups is 3. The molecule has 0 aliphatic carbocycles. The lowest BCUT2D eigenvalue weighted by molar-refractivity contribution is -0.140. The van der Waals surface area contributed by atoms with Crippen LogP contribution >= 0.6 is 24.2 Å². The third kappa shape index (κ3) is 7.67. The molecule has 3 amide bonds. The Labute approximate surface area is 223 Å². The normalized spacial score (nSPS) is 12.6. The van der Waals surface area contributed by atoms with Crippen LogP contribution in [0.1, 0.15) is 50.4 Å². The molecular formula is C27H32ClN3O4S. The quantitative estimate of drug-likeness (QED) is 0.332. The first-order valence-electron chi connectivity index (χ1n) is 11.4. The number of likely N-dealkylation sites (N-methyl/N-ethyl adjacent to an activating group) is 1. The maximum absolute atomic E-state index is 13.7. The summed E-state index contributed by atoms with van der Waals surface area (Å²) in [6.07, 6.45) is 4.73. The zero-order valence-corrected chi connectivity index (χ0v) is 22.7. The van der Waals surface area contributed by atoms with Crippen LogP contribution in [0.4, 0.5) is 10.5 Å². The van der Waals surface area contributed by atoms with Crippen LogP contribution in [0.5, 0.6) is 0 Å². The van der Waals surface area contributed by atoms with Crippen LogP contribution in [0.3, 0.4) is 0 Å². The summed E-state index contributed by atoms with van der Waals surface area (Å²) in [7, 11) is 0. The minimum Gasteiger partial charge on any atom is -0.444 e. The van der Waals surface area contributed by atoms with E-state index in [4.69, 9.17) is 22.8 Å². The van der Waals surface area contributed by atoms with Crippen LogP contribution < -0.4 is 10.6 Å². The number of alkyl carbamates (subject to hydrolysis) is 1. The molecule has 9 heteroatoms. The van der Waals surface area contributed by atoms with Gasteiger partial charge in [0.25, 0.3) is 5.91 Å². The first kappa shape index (κ1) is 29.1. The van der Waals surface area contributed by atoms with Gasteiger partial charge in [0.2, 0.25) is 5.91 Å². The molecule has 2 rings (SSSR count). The predicted molar refractivity (Wildman–Crippen MR) is 146 cm³/mol. The SMILES string of the molecule is C#Cc1ccc(C(C(=O)Nc2c(C)cccc2Cl)N(CC)C(=O)C(CS)NC(=O)OC(C)(C)C)cc1. The Hall–Kier alpha value is -3.15. The lowest BCUT2D eigenvalue weighted by atomic mass is 10.0. The van der Waals surface area contributed by atoms with Gasteiger partial charge in [-0.25, -0.2) is 4.79 Å². The van der Waals surface area contributed by atoms with E-state index >= 15 is 0 Å². The number of para-hydroxylation sites is 1. The Kier molecular flexibility index (Phi) is 10.3. The lowest BCUT2D eigenvalue weighted by Gasteiger charge is -2.33. The van der Waals surface area contributed by atoms with Gasteiger partial charge in [-0.15, -0.1) is 6.42 Å². The summed E-state index contributed by atoms with van der Waals surface area (Å²) in [6, 6.07) is 10.0. The van der Waals surface area contributed by atoms with Gasteiger partial charge in [-0.05, 0) is 63.9 Å². The van der Waals surface area contributed by atoms with Crippen LogP contribution in [-0.2, 0) is 14.3 Å². The summed E-state index contributed by atoms with van der Waals surface area (Å²) in [5, 5.41) is 5.80. The zero-order valence-electron chi connectivity index (χ0n) is 21.1. The van der Waals surface area contributed by atoms with Gasteiger partial charge in [0.05, 0.1) is 10.7 Å². The molecule has 2 unspecified atom stereocenters. The number of rotatable bonds is 8. The highest BCUT2D eigenvalue weighted by molar-refractivity contribution is 7.80. The van der Waals surface area contributed by atoms with E-state index in [-0.39, 0.29) is 12.3 Å². The number of carbonyl (C=O) groups excluding carboxylic acids is 3. The molecule has 0 aliphatic rings. The topological polar surface area (TPSA) is 87.7 Å². The van der Waals surface area contributed by atoms with Crippen molar-refractivity contribution in [1.82, 2.24) is 10.2 Å². The molecule has 0 fully saturated rings. The van der Waals surface area contributed by atoms with Gasteiger partial charge in [0, 0.05) is 17.9 Å². The molecule has 7 nitrogen and oxygen atoms in total. The number of halogens is 1. The molecule has 0 radical (unpaired) electrons. The number of amides is 3. The van der Waals surface area contributed by atoms with Crippen LogP contribution in [-0.4, -0.2) is 46.7 Å². The van der Waals surface area contributed by atoms with Gasteiger partial charge in [-0.3, -0.25) is 9.59 Å². The second-order valence-electron chi connectivity index (χ2n) is 9.10. The van der Waals surface area contributed by atoms with E-state index in [1.165, 1.54) is 4.90 Å². The van der Waals surface area contributed by atoms with Gasteiger partial charge in [0.15, 0.2) is 0 Å². The third-order valence-electron chi connectivity index (χ3n) is 5.22. The molecule has 192 valence electrons. The molecule has 2 atom stereocenters. The van der Waals surface area contributed by atoms with Crippen molar-refractivity contribution in [1.29, 1.82) is 0 Å². The molecule has 2 aromatic rings. The van der Waals surface area contributed by atoms with Crippen LogP contribution in [0.25, 0.3) is 0 Å². The summed E-state index contributed by atoms with van der Waals surface area (Å²) in [6.45, 7) is 8.91. The number of anilines is 1. The Morgan fingerprint density at radius 3 is 2.31 bits per heavy atom. The largest absolute Gasteiger partial charge is 0.444 e. The van der Waals surface area contributed by atoms with Crippen LogP contribution in [0.15, 0.2) is 42.5 Å². The molecule has 0 saturated heterocycles. The van der Waals surface area contributed by atoms with E-state index in [1.807, 2.05) is 13.0 Å². The van der Waals surface area contributed by atoms with Crippen molar-refractivity contribution in [2.75, 3.05) is 17.6 Å². The zero-order chi connectivity index (χ0) is 27.0. The number of nitrogens with one attached hydrogen (secondary N) is 2. The first-order valence-corrected chi connectivity index (χ1v) is 12.5. The van der Waals surface area contributed by atoms with Crippen molar-refractivity contribution in [3.63, 3.8) is 0 Å². The van der Waals surface area contributed by atoms with E-state index in [0.29, 0.717) is 21.8 Å². The van der Waals surface area contributed by atoms with Crippen molar-refractivity contribution < 1.29 is 19.1 Å². The van der Waals surface area contributed by atoms with E-state index in [2.05, 4.69) is 29.2 Å². The highest BCUT2D eigenvalue weighted by Crippen LogP contribution is 2.29. The average molecular weight is 530 g/mol. The fraction of sp³-hybridized carbons (Fsp3) is 0.370. The Morgan fingerprint density at radius 1 is 1.17 bits per heavy atom. The van der Waals surface area contributed by atoms with Crippen LogP contribution in [0, 0.1) is 19.3 Å². The second-order valence-corrected chi connectivity index (χ2v) is 9.87. The molecular weight excluding hydrogens is 498 g/mol. The highest BCUT2D eigenvalue weighted by atomic mass is 35.5. The molecule has 0 aliphatic heterocycles. The number of benzene rings is 2. The van der Waals surface area contributed by atoms with Gasteiger partial charge in [0.1, 0.15) is 17.7 Å². The van der Waals surface area contributed by atoms with Gasteiger partial charge in [-0.1, -0.05) is 41.8 Å². The van der Waals surface area contributed by atoms with Gasteiger partial charge < -0.3 is 20.3 Å². The molecule has 2 N–H and O–H groups in total. The van der Waals surface area contributed by atoms with Crippen molar-refractivity contribution in [3.8, 4) is 12.3 Å². The standard InChI is InChI=1S/C27H32ClN3O4S/c1-7-18-12-14-19(15-13-18)23(24(32)30-22-17(3)10-9-11-20(22)28)31(8-2)25(33)21(16-36)29-26(34)35-27(4,5)6/h1,9-15,21,23,36H,8,16H2,2-6H3,(H,29,34)(H,30,32). The summed E-state index contributed by atoms with van der Waals surface area (Å²) in [5.41, 5.74) is 1.66. The summed E-state index contributed by atoms with van der Waals surface area (Å²) < 4.78 is 5.29. The predicted octanol–water partition coefficient (Wildman–Crippen LogP) is 4.98. The third-order valence-corrected chi connectivity index (χ3v) is 5.90. The van der Waals surface area contributed by atoms with Crippen molar-refractivity contribution in [2.24, 2.45) is 0 Å². The smallest absolute Gasteiger partial charge is 0.408 e. The lowest BCUT2D eigenvalue weighted by Crippen LogP contribution is -2.53. The molecule has 0 heterocycles. The number of terminal acetylenes is 1. The summed E-state index contributed by atoms with van der Waals surface area (Å²) >= 11 is 10.6. The fourth-order valence-corrected chi connectivity index (χ4v) is 4.03. The minimum atomic E-state index is -1.03. The van der Waals surface area contributed by atoms with Gasteiger partial charge >= 0.3 is 6.09 Å². The Bertz CT molecular complexity index is 1120. The van der Waals surface area contributed by atoms with Crippen molar-refractivity contribution >= 4 is 47.8 Å². The molecule has 0 spiro atoms. The molecule has 36 heavy (non-hydrogen) atoms. The van der Waals surface area contributed by atoms with Crippen LogP contribution in [0.2, 0.25) is 5.02 Å². The minimum absolute atomic E-state index is 0.00255. The Balaban J connectivity index is 2.45. The second kappa shape index (κ2) is 12.7. The summed E-state index contributed by atoms with van der Waals surface area (Å²) in [5.74, 6) is 1.59. The van der Waals surface area contributed by atoms with Crippen molar-refractivity contribution in [2.45, 2.75) is 52.3 Å². The number of ether oxygens (including phenoxy) is 1. The molecule has 0 aromatic heterocycles.